The average molecular weight is 277 g/mol. The third kappa shape index (κ3) is 4.80. The molecule has 0 aliphatic carbocycles. The molecule has 2 unspecified atom stereocenters. The molecule has 2 atom stereocenters. The summed E-state index contributed by atoms with van der Waals surface area (Å²) in [5, 5.41) is 3.54. The summed E-state index contributed by atoms with van der Waals surface area (Å²) in [7, 11) is 0. The molecular weight excluding hydrogens is 250 g/mol. The van der Waals surface area contributed by atoms with E-state index in [1.54, 1.807) is 0 Å². The molecule has 2 rings (SSSR count). The van der Waals surface area contributed by atoms with E-state index < -0.39 is 0 Å². The molecule has 0 aromatic heterocycles. The van der Waals surface area contributed by atoms with Crippen molar-refractivity contribution < 1.29 is 9.47 Å². The lowest BCUT2D eigenvalue weighted by Crippen LogP contribution is -2.19. The molecule has 1 heterocycles. The molecule has 3 heteroatoms. The second kappa shape index (κ2) is 8.28. The maximum absolute atomic E-state index is 5.78. The molecule has 1 aromatic carbocycles. The average Bonchev–Trinajstić information content (AvgIpc) is 2.99. The van der Waals surface area contributed by atoms with Crippen LogP contribution in [0.2, 0.25) is 0 Å². The predicted octanol–water partition coefficient (Wildman–Crippen LogP) is 3.70. The predicted molar refractivity (Wildman–Crippen MR) is 82.2 cm³/mol. The van der Waals surface area contributed by atoms with Crippen LogP contribution >= 0.6 is 0 Å². The summed E-state index contributed by atoms with van der Waals surface area (Å²) < 4.78 is 11.3. The van der Waals surface area contributed by atoms with Gasteiger partial charge in [-0.15, -0.1) is 0 Å². The minimum atomic E-state index is 0.282. The van der Waals surface area contributed by atoms with Crippen molar-refractivity contribution in [2.75, 3.05) is 19.8 Å². The van der Waals surface area contributed by atoms with Gasteiger partial charge < -0.3 is 14.8 Å². The third-order valence-electron chi connectivity index (χ3n) is 3.82. The van der Waals surface area contributed by atoms with Crippen molar-refractivity contribution >= 4 is 0 Å². The van der Waals surface area contributed by atoms with Crippen molar-refractivity contribution in [1.82, 2.24) is 5.32 Å². The first-order chi connectivity index (χ1) is 9.79. The summed E-state index contributed by atoms with van der Waals surface area (Å²) in [6, 6.07) is 8.81. The van der Waals surface area contributed by atoms with E-state index in [0.29, 0.717) is 12.6 Å². The molecule has 1 aromatic rings. The summed E-state index contributed by atoms with van der Waals surface area (Å²) in [5.74, 6) is 0.935. The first-order valence-electron chi connectivity index (χ1n) is 7.87. The Morgan fingerprint density at radius 3 is 2.80 bits per heavy atom. The van der Waals surface area contributed by atoms with Gasteiger partial charge in [-0.3, -0.25) is 0 Å². The molecule has 3 nitrogen and oxygen atoms in total. The van der Waals surface area contributed by atoms with Crippen LogP contribution in [0.25, 0.3) is 0 Å². The van der Waals surface area contributed by atoms with Crippen molar-refractivity contribution in [3.8, 4) is 5.75 Å². The van der Waals surface area contributed by atoms with Gasteiger partial charge in [0.1, 0.15) is 12.4 Å². The first kappa shape index (κ1) is 15.3. The van der Waals surface area contributed by atoms with Crippen molar-refractivity contribution in [2.24, 2.45) is 0 Å². The lowest BCUT2D eigenvalue weighted by atomic mass is 10.1. The summed E-state index contributed by atoms with van der Waals surface area (Å²) in [6.45, 7) is 7.05. The van der Waals surface area contributed by atoms with Gasteiger partial charge in [0.15, 0.2) is 0 Å². The highest BCUT2D eigenvalue weighted by atomic mass is 16.5. The van der Waals surface area contributed by atoms with Crippen molar-refractivity contribution in [3.63, 3.8) is 0 Å². The quantitative estimate of drug-likeness (QED) is 0.735. The van der Waals surface area contributed by atoms with E-state index in [9.17, 15) is 0 Å². The molecule has 0 saturated carbocycles. The van der Waals surface area contributed by atoms with Gasteiger partial charge in [-0.05, 0) is 50.4 Å². The molecule has 1 N–H and O–H groups in total. The minimum absolute atomic E-state index is 0.282. The minimum Gasteiger partial charge on any atom is -0.491 e. The molecule has 0 bridgehead atoms. The number of hydrogen-bond acceptors (Lipinski definition) is 3. The summed E-state index contributed by atoms with van der Waals surface area (Å²) in [4.78, 5) is 0. The van der Waals surface area contributed by atoms with Crippen LogP contribution in [0.1, 0.15) is 51.1 Å². The number of nitrogens with one attached hydrogen (secondary N) is 1. The fraction of sp³-hybridized carbons (Fsp3) is 0.647. The molecule has 0 amide bonds. The fourth-order valence-electron chi connectivity index (χ4n) is 2.43. The Morgan fingerprint density at radius 1 is 1.35 bits per heavy atom. The number of ether oxygens (including phenoxy) is 2. The normalized spacial score (nSPS) is 20.0. The molecule has 112 valence electrons. The van der Waals surface area contributed by atoms with Crippen LogP contribution < -0.4 is 10.1 Å². The van der Waals surface area contributed by atoms with Gasteiger partial charge >= 0.3 is 0 Å². The van der Waals surface area contributed by atoms with Crippen LogP contribution in [0, 0.1) is 0 Å². The van der Waals surface area contributed by atoms with Crippen molar-refractivity contribution in [1.29, 1.82) is 0 Å². The largest absolute Gasteiger partial charge is 0.491 e. The number of unbranched alkanes of at least 4 members (excludes halogenated alkanes) is 1. The summed E-state index contributed by atoms with van der Waals surface area (Å²) in [5.41, 5.74) is 1.31. The van der Waals surface area contributed by atoms with Crippen LogP contribution in [-0.2, 0) is 4.74 Å². The van der Waals surface area contributed by atoms with E-state index in [2.05, 4.69) is 43.4 Å². The summed E-state index contributed by atoms with van der Waals surface area (Å²) >= 11 is 0. The van der Waals surface area contributed by atoms with Crippen LogP contribution in [0.15, 0.2) is 24.3 Å². The van der Waals surface area contributed by atoms with Crippen LogP contribution in [-0.4, -0.2) is 25.9 Å². The lowest BCUT2D eigenvalue weighted by Gasteiger charge is -2.15. The Morgan fingerprint density at radius 2 is 2.15 bits per heavy atom. The van der Waals surface area contributed by atoms with Crippen LogP contribution in [0.3, 0.4) is 0 Å². The van der Waals surface area contributed by atoms with Gasteiger partial charge in [-0.2, -0.15) is 0 Å². The Balaban J connectivity index is 1.76. The van der Waals surface area contributed by atoms with E-state index in [0.717, 1.165) is 31.7 Å². The standard InChI is InChI=1S/C17H27NO2/c1-3-4-11-18-14(2)15-7-9-16(10-8-15)20-13-17-6-5-12-19-17/h7-10,14,17-18H,3-6,11-13H2,1-2H3. The van der Waals surface area contributed by atoms with Gasteiger partial charge in [0.05, 0.1) is 6.10 Å². The molecular formula is C17H27NO2. The maximum atomic E-state index is 5.78. The zero-order chi connectivity index (χ0) is 14.2. The van der Waals surface area contributed by atoms with E-state index in [1.807, 2.05) is 0 Å². The van der Waals surface area contributed by atoms with E-state index in [4.69, 9.17) is 9.47 Å². The highest BCUT2D eigenvalue weighted by Crippen LogP contribution is 2.19. The monoisotopic (exact) mass is 277 g/mol. The molecule has 1 fully saturated rings. The molecule has 1 saturated heterocycles. The van der Waals surface area contributed by atoms with Gasteiger partial charge in [0, 0.05) is 12.6 Å². The maximum Gasteiger partial charge on any atom is 0.119 e. The van der Waals surface area contributed by atoms with Crippen LogP contribution in [0.5, 0.6) is 5.75 Å². The Bertz CT molecular complexity index is 371. The Labute approximate surface area is 122 Å². The number of rotatable bonds is 8. The first-order valence-corrected chi connectivity index (χ1v) is 7.87. The SMILES string of the molecule is CCCCNC(C)c1ccc(OCC2CCCO2)cc1. The fourth-order valence-corrected chi connectivity index (χ4v) is 2.43. The number of benzene rings is 1. The van der Waals surface area contributed by atoms with Crippen molar-refractivity contribution in [3.05, 3.63) is 29.8 Å². The van der Waals surface area contributed by atoms with Gasteiger partial charge in [0.25, 0.3) is 0 Å². The molecule has 0 radical (unpaired) electrons. The van der Waals surface area contributed by atoms with E-state index >= 15 is 0 Å². The molecule has 1 aliphatic rings. The third-order valence-corrected chi connectivity index (χ3v) is 3.82. The second-order valence-corrected chi connectivity index (χ2v) is 5.54. The topological polar surface area (TPSA) is 30.5 Å². The van der Waals surface area contributed by atoms with E-state index in [1.165, 1.54) is 18.4 Å². The van der Waals surface area contributed by atoms with Gasteiger partial charge in [0.2, 0.25) is 0 Å². The zero-order valence-corrected chi connectivity index (χ0v) is 12.7. The molecule has 20 heavy (non-hydrogen) atoms. The smallest absolute Gasteiger partial charge is 0.119 e. The number of hydrogen-bond donors (Lipinski definition) is 1. The lowest BCUT2D eigenvalue weighted by molar-refractivity contribution is 0.0679. The molecule has 1 aliphatic heterocycles. The van der Waals surface area contributed by atoms with Gasteiger partial charge in [-0.1, -0.05) is 25.5 Å². The Hall–Kier alpha value is -1.06. The second-order valence-electron chi connectivity index (χ2n) is 5.54. The molecule has 0 spiro atoms. The Kier molecular flexibility index (Phi) is 6.34. The highest BCUT2D eigenvalue weighted by Gasteiger charge is 2.15. The zero-order valence-electron chi connectivity index (χ0n) is 12.7. The van der Waals surface area contributed by atoms with Crippen LogP contribution in [0.4, 0.5) is 0 Å². The van der Waals surface area contributed by atoms with Crippen molar-refractivity contribution in [2.45, 2.75) is 51.7 Å². The highest BCUT2D eigenvalue weighted by molar-refractivity contribution is 5.29. The van der Waals surface area contributed by atoms with Gasteiger partial charge in [-0.25, -0.2) is 0 Å². The van der Waals surface area contributed by atoms with E-state index in [-0.39, 0.29) is 6.10 Å². The summed E-state index contributed by atoms with van der Waals surface area (Å²) in [6.07, 6.45) is 5.02.